The number of piperidine rings is 1. The topological polar surface area (TPSA) is 49.9 Å². The van der Waals surface area contributed by atoms with Crippen molar-refractivity contribution in [2.24, 2.45) is 5.92 Å². The molecule has 2 amide bonds. The molecule has 3 fully saturated rings. The molecule has 4 rings (SSSR count). The van der Waals surface area contributed by atoms with Crippen molar-refractivity contribution < 1.29 is 14.3 Å². The Balaban J connectivity index is 1.85. The molecule has 3 aliphatic rings. The largest absolute Gasteiger partial charge is 0.496 e. The molecular weight excluding hydrogens is 352 g/mol. The molecule has 3 saturated heterocycles. The van der Waals surface area contributed by atoms with Gasteiger partial charge in [-0.2, -0.15) is 0 Å². The van der Waals surface area contributed by atoms with E-state index < -0.39 is 0 Å². The highest BCUT2D eigenvalue weighted by atomic mass is 35.5. The van der Waals surface area contributed by atoms with Gasteiger partial charge in [0.05, 0.1) is 18.6 Å². The van der Waals surface area contributed by atoms with Gasteiger partial charge in [-0.3, -0.25) is 9.59 Å². The molecule has 140 valence electrons. The molecule has 3 aliphatic heterocycles. The third-order valence-corrected chi connectivity index (χ3v) is 5.40. The summed E-state index contributed by atoms with van der Waals surface area (Å²) in [4.78, 5) is 29.7. The van der Waals surface area contributed by atoms with Crippen molar-refractivity contribution in [2.45, 2.75) is 32.7 Å². The first kappa shape index (κ1) is 18.8. The Labute approximate surface area is 159 Å². The Kier molecular flexibility index (Phi) is 5.56. The van der Waals surface area contributed by atoms with Gasteiger partial charge < -0.3 is 14.5 Å². The number of methoxy groups -OCH3 is 1. The van der Waals surface area contributed by atoms with Crippen molar-refractivity contribution in [2.75, 3.05) is 26.7 Å². The zero-order valence-corrected chi connectivity index (χ0v) is 16.3. The van der Waals surface area contributed by atoms with Crippen LogP contribution in [0.1, 0.15) is 37.0 Å². The Morgan fingerprint density at radius 1 is 1.31 bits per heavy atom. The van der Waals surface area contributed by atoms with Crippen LogP contribution in [0.2, 0.25) is 5.02 Å². The predicted octanol–water partition coefficient (Wildman–Crippen LogP) is 3.38. The normalized spacial score (nSPS) is 22.2. The maximum absolute atomic E-state index is 13.1. The summed E-state index contributed by atoms with van der Waals surface area (Å²) in [7, 11) is 1.54. The molecule has 0 aliphatic carbocycles. The number of allylic oxidation sites excluding steroid dienone is 1. The number of amides is 2. The van der Waals surface area contributed by atoms with E-state index in [1.54, 1.807) is 23.1 Å². The molecule has 2 atom stereocenters. The van der Waals surface area contributed by atoms with Crippen LogP contribution in [0.15, 0.2) is 29.8 Å². The van der Waals surface area contributed by atoms with E-state index in [1.807, 2.05) is 18.7 Å². The molecule has 3 heterocycles. The SMILES string of the molecule is COc1ccc(Cl)cc1C(=O)N1C[C@H]2CC[C@@H](C1)N(CC=C(C)C)C2=O. The molecular formula is C20H25ClN2O3. The van der Waals surface area contributed by atoms with E-state index in [0.717, 1.165) is 12.8 Å². The number of benzene rings is 1. The zero-order valence-electron chi connectivity index (χ0n) is 15.5. The van der Waals surface area contributed by atoms with Crippen LogP contribution in [0.25, 0.3) is 0 Å². The summed E-state index contributed by atoms with van der Waals surface area (Å²) in [6, 6.07) is 5.10. The van der Waals surface area contributed by atoms with Crippen molar-refractivity contribution in [1.82, 2.24) is 9.80 Å². The lowest BCUT2D eigenvalue weighted by Gasteiger charge is -2.35. The van der Waals surface area contributed by atoms with Gasteiger partial charge in [-0.15, -0.1) is 0 Å². The third kappa shape index (κ3) is 3.73. The number of halogens is 1. The predicted molar refractivity (Wildman–Crippen MR) is 102 cm³/mol. The van der Waals surface area contributed by atoms with Gasteiger partial charge in [0.25, 0.3) is 5.91 Å². The summed E-state index contributed by atoms with van der Waals surface area (Å²) in [5.74, 6) is 0.405. The van der Waals surface area contributed by atoms with Crippen LogP contribution >= 0.6 is 11.6 Å². The Hall–Kier alpha value is -2.01. The van der Waals surface area contributed by atoms with Crippen LogP contribution < -0.4 is 4.74 Å². The van der Waals surface area contributed by atoms with E-state index in [4.69, 9.17) is 16.3 Å². The number of carbonyl (C=O) groups is 2. The molecule has 26 heavy (non-hydrogen) atoms. The lowest BCUT2D eigenvalue weighted by atomic mass is 9.94. The van der Waals surface area contributed by atoms with Crippen molar-refractivity contribution in [3.8, 4) is 5.75 Å². The second-order valence-electron chi connectivity index (χ2n) is 7.25. The van der Waals surface area contributed by atoms with Crippen LogP contribution in [-0.2, 0) is 4.79 Å². The van der Waals surface area contributed by atoms with E-state index in [-0.39, 0.29) is 23.8 Å². The van der Waals surface area contributed by atoms with Crippen molar-refractivity contribution in [1.29, 1.82) is 0 Å². The minimum Gasteiger partial charge on any atom is -0.496 e. The molecule has 2 bridgehead atoms. The molecule has 0 saturated carbocycles. The van der Waals surface area contributed by atoms with Crippen LogP contribution in [0.3, 0.4) is 0 Å². The maximum Gasteiger partial charge on any atom is 0.257 e. The fourth-order valence-electron chi connectivity index (χ4n) is 3.74. The summed E-state index contributed by atoms with van der Waals surface area (Å²) in [5, 5.41) is 0.494. The van der Waals surface area contributed by atoms with Gasteiger partial charge in [0, 0.05) is 30.7 Å². The van der Waals surface area contributed by atoms with E-state index in [2.05, 4.69) is 6.08 Å². The van der Waals surface area contributed by atoms with Crippen LogP contribution in [0.5, 0.6) is 5.75 Å². The van der Waals surface area contributed by atoms with Gasteiger partial charge in [-0.1, -0.05) is 23.3 Å². The van der Waals surface area contributed by atoms with Crippen molar-refractivity contribution in [3.63, 3.8) is 0 Å². The quantitative estimate of drug-likeness (QED) is 0.757. The summed E-state index contributed by atoms with van der Waals surface area (Å²) >= 11 is 6.08. The van der Waals surface area contributed by atoms with E-state index in [9.17, 15) is 9.59 Å². The monoisotopic (exact) mass is 376 g/mol. The highest BCUT2D eigenvalue weighted by Crippen LogP contribution is 2.31. The van der Waals surface area contributed by atoms with Crippen LogP contribution in [-0.4, -0.2) is 54.4 Å². The highest BCUT2D eigenvalue weighted by Gasteiger charge is 2.41. The first-order valence-electron chi connectivity index (χ1n) is 8.97. The molecule has 6 heteroatoms. The fourth-order valence-corrected chi connectivity index (χ4v) is 3.92. The van der Waals surface area contributed by atoms with Gasteiger partial charge in [0.2, 0.25) is 5.91 Å². The second-order valence-corrected chi connectivity index (χ2v) is 7.69. The smallest absolute Gasteiger partial charge is 0.257 e. The van der Waals surface area contributed by atoms with Crippen LogP contribution in [0.4, 0.5) is 0 Å². The molecule has 5 nitrogen and oxygen atoms in total. The lowest BCUT2D eigenvalue weighted by molar-refractivity contribution is -0.139. The molecule has 0 radical (unpaired) electrons. The molecule has 1 aromatic carbocycles. The standard InChI is InChI=1S/C20H25ClN2O3/c1-13(2)8-9-23-16-6-4-14(19(23)24)11-22(12-16)20(25)17-10-15(21)5-7-18(17)26-3/h5,7-8,10,14,16H,4,6,9,11-12H2,1-3H3/t14-,16+/m1/s1. The zero-order chi connectivity index (χ0) is 18.8. The van der Waals surface area contributed by atoms with E-state index in [1.165, 1.54) is 12.7 Å². The number of rotatable bonds is 4. The second kappa shape index (κ2) is 7.70. The Bertz CT molecular complexity index is 743. The average molecular weight is 377 g/mol. The number of nitrogens with zero attached hydrogens (tertiary/aromatic N) is 2. The van der Waals surface area contributed by atoms with Gasteiger partial charge in [-0.05, 0) is 44.9 Å². The van der Waals surface area contributed by atoms with E-state index in [0.29, 0.717) is 36.0 Å². The highest BCUT2D eigenvalue weighted by molar-refractivity contribution is 6.31. The Morgan fingerprint density at radius 2 is 2.08 bits per heavy atom. The number of hydrogen-bond donors (Lipinski definition) is 0. The molecule has 1 aromatic rings. The lowest BCUT2D eigenvalue weighted by Crippen LogP contribution is -2.48. The first-order chi connectivity index (χ1) is 12.4. The minimum absolute atomic E-state index is 0.0611. The Morgan fingerprint density at radius 3 is 2.77 bits per heavy atom. The average Bonchev–Trinajstić information content (AvgIpc) is 2.90. The summed E-state index contributed by atoms with van der Waals surface area (Å²) in [6.07, 6.45) is 3.85. The number of ether oxygens (including phenoxy) is 1. The van der Waals surface area contributed by atoms with Gasteiger partial charge in [0.15, 0.2) is 0 Å². The fraction of sp³-hybridized carbons (Fsp3) is 0.500. The molecule has 0 spiro atoms. The molecule has 0 aromatic heterocycles. The summed E-state index contributed by atoms with van der Waals surface area (Å²) in [5.41, 5.74) is 1.64. The minimum atomic E-state index is -0.131. The van der Waals surface area contributed by atoms with Gasteiger partial charge in [0.1, 0.15) is 5.75 Å². The molecule has 0 N–H and O–H groups in total. The van der Waals surface area contributed by atoms with Gasteiger partial charge in [-0.25, -0.2) is 0 Å². The third-order valence-electron chi connectivity index (χ3n) is 5.17. The summed E-state index contributed by atoms with van der Waals surface area (Å²) < 4.78 is 5.33. The van der Waals surface area contributed by atoms with Crippen molar-refractivity contribution in [3.05, 3.63) is 40.4 Å². The number of carbonyl (C=O) groups excluding carboxylic acids is 2. The van der Waals surface area contributed by atoms with E-state index >= 15 is 0 Å². The summed E-state index contributed by atoms with van der Waals surface area (Å²) in [6.45, 7) is 5.68. The van der Waals surface area contributed by atoms with Crippen molar-refractivity contribution >= 4 is 23.4 Å². The number of hydrogen-bond acceptors (Lipinski definition) is 3. The van der Waals surface area contributed by atoms with Crippen LogP contribution in [0, 0.1) is 5.92 Å². The maximum atomic E-state index is 13.1. The number of fused-ring (bicyclic) bond motifs is 4. The first-order valence-corrected chi connectivity index (χ1v) is 9.35. The van der Waals surface area contributed by atoms with Gasteiger partial charge >= 0.3 is 0 Å². The molecule has 0 unspecified atom stereocenters.